The average molecular weight is 454 g/mol. The number of nitrogens with two attached hydrogens (primary N) is 1. The fraction of sp³-hybridized carbons (Fsp3) is 0.240. The first-order chi connectivity index (χ1) is 15.6. The van der Waals surface area contributed by atoms with Crippen molar-refractivity contribution in [2.45, 2.75) is 32.0 Å². The van der Waals surface area contributed by atoms with Gasteiger partial charge >= 0.3 is 6.09 Å². The maximum absolute atomic E-state index is 12.2. The summed E-state index contributed by atoms with van der Waals surface area (Å²) in [5, 5.41) is 16.0. The molecule has 0 heterocycles. The zero-order valence-electron chi connectivity index (χ0n) is 17.8. The van der Waals surface area contributed by atoms with Gasteiger partial charge in [-0.1, -0.05) is 66.2 Å². The SMILES string of the molecule is NCc1cccc([C@H](CCCO)Nc2cc(Cl)cc(NC(=O)OCc3ccccc3)c2)c1. The third-order valence-electron chi connectivity index (χ3n) is 4.94. The number of amides is 1. The van der Waals surface area contributed by atoms with Gasteiger partial charge in [-0.05, 0) is 47.7 Å². The van der Waals surface area contributed by atoms with Gasteiger partial charge < -0.3 is 20.9 Å². The smallest absolute Gasteiger partial charge is 0.411 e. The quantitative estimate of drug-likeness (QED) is 0.326. The Hall–Kier alpha value is -3.06. The molecule has 3 rings (SSSR count). The molecule has 0 fully saturated rings. The van der Waals surface area contributed by atoms with Crippen molar-refractivity contribution < 1.29 is 14.6 Å². The van der Waals surface area contributed by atoms with Crippen LogP contribution in [-0.2, 0) is 17.9 Å². The van der Waals surface area contributed by atoms with Crippen LogP contribution in [0.3, 0.4) is 0 Å². The van der Waals surface area contributed by atoms with E-state index in [4.69, 9.17) is 22.1 Å². The van der Waals surface area contributed by atoms with Crippen LogP contribution in [0.5, 0.6) is 0 Å². The van der Waals surface area contributed by atoms with E-state index < -0.39 is 6.09 Å². The Bertz CT molecular complexity index is 1010. The summed E-state index contributed by atoms with van der Waals surface area (Å²) in [6.45, 7) is 0.736. The Labute approximate surface area is 193 Å². The van der Waals surface area contributed by atoms with Crippen LogP contribution in [0.4, 0.5) is 16.2 Å². The van der Waals surface area contributed by atoms with E-state index in [1.807, 2.05) is 48.5 Å². The second kappa shape index (κ2) is 12.1. The molecular formula is C25H28ClN3O3. The standard InChI is InChI=1S/C25H28ClN3O3/c26-21-13-22(28-24(10-5-11-30)20-9-4-8-19(12-20)16-27)15-23(14-21)29-25(31)32-17-18-6-2-1-3-7-18/h1-4,6-9,12-15,24,28,30H,5,10-11,16-17,27H2,(H,29,31)/t24-/m0/s1. The number of aliphatic hydroxyl groups excluding tert-OH is 1. The molecule has 1 atom stereocenters. The van der Waals surface area contributed by atoms with E-state index in [-0.39, 0.29) is 19.3 Å². The zero-order valence-corrected chi connectivity index (χ0v) is 18.5. The molecule has 6 nitrogen and oxygen atoms in total. The van der Waals surface area contributed by atoms with Crippen LogP contribution in [0.15, 0.2) is 72.8 Å². The van der Waals surface area contributed by atoms with Gasteiger partial charge in [-0.3, -0.25) is 5.32 Å². The molecule has 0 spiro atoms. The minimum absolute atomic E-state index is 0.0509. The maximum atomic E-state index is 12.2. The minimum atomic E-state index is -0.561. The van der Waals surface area contributed by atoms with Crippen molar-refractivity contribution in [3.8, 4) is 0 Å². The summed E-state index contributed by atoms with van der Waals surface area (Å²) in [6.07, 6.45) is 0.801. The number of benzene rings is 3. The summed E-state index contributed by atoms with van der Waals surface area (Å²) in [6, 6.07) is 22.7. The molecule has 5 N–H and O–H groups in total. The summed E-state index contributed by atoms with van der Waals surface area (Å²) >= 11 is 6.30. The number of aliphatic hydroxyl groups is 1. The molecule has 32 heavy (non-hydrogen) atoms. The lowest BCUT2D eigenvalue weighted by Crippen LogP contribution is -2.15. The predicted molar refractivity (Wildman–Crippen MR) is 129 cm³/mol. The summed E-state index contributed by atoms with van der Waals surface area (Å²) in [5.74, 6) is 0. The van der Waals surface area contributed by atoms with Gasteiger partial charge in [0.2, 0.25) is 0 Å². The highest BCUT2D eigenvalue weighted by Crippen LogP contribution is 2.29. The van der Waals surface area contributed by atoms with Gasteiger partial charge in [-0.25, -0.2) is 4.79 Å². The molecule has 0 bridgehead atoms. The first-order valence-electron chi connectivity index (χ1n) is 10.5. The van der Waals surface area contributed by atoms with Crippen molar-refractivity contribution in [3.05, 3.63) is 94.5 Å². The van der Waals surface area contributed by atoms with E-state index in [2.05, 4.69) is 16.7 Å². The Morgan fingerprint density at radius 3 is 2.50 bits per heavy atom. The van der Waals surface area contributed by atoms with Gasteiger partial charge in [0.15, 0.2) is 0 Å². The first kappa shape index (κ1) is 23.6. The second-order valence-electron chi connectivity index (χ2n) is 7.43. The van der Waals surface area contributed by atoms with Crippen molar-refractivity contribution in [3.63, 3.8) is 0 Å². The van der Waals surface area contributed by atoms with Gasteiger partial charge in [0.25, 0.3) is 0 Å². The lowest BCUT2D eigenvalue weighted by molar-refractivity contribution is 0.155. The number of hydrogen-bond donors (Lipinski definition) is 4. The molecule has 1 amide bonds. The van der Waals surface area contributed by atoms with Crippen LogP contribution in [0.1, 0.15) is 35.6 Å². The van der Waals surface area contributed by atoms with Gasteiger partial charge in [0.05, 0.1) is 6.04 Å². The van der Waals surface area contributed by atoms with E-state index >= 15 is 0 Å². The normalized spacial score (nSPS) is 11.6. The molecule has 0 unspecified atom stereocenters. The van der Waals surface area contributed by atoms with E-state index in [1.165, 1.54) is 0 Å². The van der Waals surface area contributed by atoms with E-state index in [1.54, 1.807) is 18.2 Å². The summed E-state index contributed by atoms with van der Waals surface area (Å²) in [4.78, 5) is 12.2. The molecule has 0 aliphatic heterocycles. The molecule has 0 aliphatic rings. The van der Waals surface area contributed by atoms with Crippen molar-refractivity contribution in [2.24, 2.45) is 5.73 Å². The van der Waals surface area contributed by atoms with Gasteiger partial charge in [0, 0.05) is 29.5 Å². The van der Waals surface area contributed by atoms with Crippen LogP contribution in [0.25, 0.3) is 0 Å². The monoisotopic (exact) mass is 453 g/mol. The molecule has 7 heteroatoms. The zero-order chi connectivity index (χ0) is 22.8. The summed E-state index contributed by atoms with van der Waals surface area (Å²) in [7, 11) is 0. The molecule has 0 aromatic heterocycles. The number of nitrogens with one attached hydrogen (secondary N) is 2. The highest BCUT2D eigenvalue weighted by atomic mass is 35.5. The number of rotatable bonds is 10. The third-order valence-corrected chi connectivity index (χ3v) is 5.16. The summed E-state index contributed by atoms with van der Waals surface area (Å²) < 4.78 is 5.29. The number of carbonyl (C=O) groups excluding carboxylic acids is 1. The first-order valence-corrected chi connectivity index (χ1v) is 10.9. The average Bonchev–Trinajstić information content (AvgIpc) is 2.80. The van der Waals surface area contributed by atoms with Crippen molar-refractivity contribution in [1.82, 2.24) is 0 Å². The molecule has 168 valence electrons. The topological polar surface area (TPSA) is 96.6 Å². The molecule has 0 saturated carbocycles. The van der Waals surface area contributed by atoms with Crippen LogP contribution in [-0.4, -0.2) is 17.8 Å². The van der Waals surface area contributed by atoms with Crippen LogP contribution in [0.2, 0.25) is 5.02 Å². The van der Waals surface area contributed by atoms with Crippen LogP contribution in [0, 0.1) is 0 Å². The van der Waals surface area contributed by atoms with Crippen LogP contribution < -0.4 is 16.4 Å². The highest BCUT2D eigenvalue weighted by Gasteiger charge is 2.13. The summed E-state index contributed by atoms with van der Waals surface area (Å²) in [5.41, 5.74) is 10.1. The lowest BCUT2D eigenvalue weighted by atomic mass is 9.99. The molecule has 3 aromatic carbocycles. The van der Waals surface area contributed by atoms with Crippen molar-refractivity contribution >= 4 is 29.1 Å². The number of anilines is 2. The molecule has 3 aromatic rings. The minimum Gasteiger partial charge on any atom is -0.444 e. The fourth-order valence-corrected chi connectivity index (χ4v) is 3.61. The predicted octanol–water partition coefficient (Wildman–Crippen LogP) is 5.47. The molecular weight excluding hydrogens is 426 g/mol. The Kier molecular flexibility index (Phi) is 8.92. The lowest BCUT2D eigenvalue weighted by Gasteiger charge is -2.21. The number of ether oxygens (including phenoxy) is 1. The van der Waals surface area contributed by atoms with Crippen molar-refractivity contribution in [1.29, 1.82) is 0 Å². The van der Waals surface area contributed by atoms with Crippen molar-refractivity contribution in [2.75, 3.05) is 17.2 Å². The highest BCUT2D eigenvalue weighted by molar-refractivity contribution is 6.31. The van der Waals surface area contributed by atoms with Gasteiger partial charge in [0.1, 0.15) is 6.61 Å². The fourth-order valence-electron chi connectivity index (χ4n) is 3.38. The van der Waals surface area contributed by atoms with Gasteiger partial charge in [-0.15, -0.1) is 0 Å². The largest absolute Gasteiger partial charge is 0.444 e. The number of halogens is 1. The number of hydrogen-bond acceptors (Lipinski definition) is 5. The third kappa shape index (κ3) is 7.27. The van der Waals surface area contributed by atoms with E-state index in [0.29, 0.717) is 23.7 Å². The molecule has 0 aliphatic carbocycles. The Morgan fingerprint density at radius 2 is 1.75 bits per heavy atom. The van der Waals surface area contributed by atoms with E-state index in [9.17, 15) is 9.90 Å². The molecule has 0 radical (unpaired) electrons. The number of carbonyl (C=O) groups is 1. The second-order valence-corrected chi connectivity index (χ2v) is 7.86. The Morgan fingerprint density at radius 1 is 1.00 bits per heavy atom. The molecule has 0 saturated heterocycles. The van der Waals surface area contributed by atoms with Gasteiger partial charge in [-0.2, -0.15) is 0 Å². The maximum Gasteiger partial charge on any atom is 0.411 e. The van der Waals surface area contributed by atoms with E-state index in [0.717, 1.165) is 28.8 Å². The Balaban J connectivity index is 1.70. The van der Waals surface area contributed by atoms with Crippen LogP contribution >= 0.6 is 11.6 Å².